The van der Waals surface area contributed by atoms with E-state index in [4.69, 9.17) is 0 Å². The van der Waals surface area contributed by atoms with Crippen molar-refractivity contribution in [3.8, 4) is 0 Å². The van der Waals surface area contributed by atoms with E-state index in [1.807, 2.05) is 0 Å². The molecule has 0 fully saturated rings. The second kappa shape index (κ2) is 3.71. The van der Waals surface area contributed by atoms with Crippen molar-refractivity contribution >= 4 is 21.5 Å². The average Bonchev–Trinajstić information content (AvgIpc) is 2.02. The number of nitrogens with zero attached hydrogens (tertiary/aromatic N) is 1. The van der Waals surface area contributed by atoms with Gasteiger partial charge in [0.2, 0.25) is 0 Å². The molecular weight excluding hydrogens is 202 g/mol. The van der Waals surface area contributed by atoms with Crippen LogP contribution in [0.15, 0.2) is 30.8 Å². The summed E-state index contributed by atoms with van der Waals surface area (Å²) in [7, 11) is -3.39. The summed E-state index contributed by atoms with van der Waals surface area (Å²) in [6.07, 6.45) is 1.01. The van der Waals surface area contributed by atoms with Gasteiger partial charge in [0.25, 0.3) is 0 Å². The lowest BCUT2D eigenvalue weighted by Crippen LogP contribution is -1.99. The zero-order valence-corrected chi connectivity index (χ0v) is 8.41. The summed E-state index contributed by atoms with van der Waals surface area (Å²) in [6, 6.07) is 5.89. The molecule has 0 bridgehead atoms. The van der Waals surface area contributed by atoms with Crippen LogP contribution in [0, 0.1) is 0 Å². The van der Waals surface area contributed by atoms with Crippen molar-refractivity contribution in [2.45, 2.75) is 0 Å². The SMILES string of the molecule is C=C([O-])c1ccc([N-]S(C)(=O)=O)cc1. The Morgan fingerprint density at radius 2 is 1.86 bits per heavy atom. The molecule has 0 aromatic heterocycles. The van der Waals surface area contributed by atoms with Gasteiger partial charge in [0.05, 0.1) is 10.0 Å². The van der Waals surface area contributed by atoms with Crippen molar-refractivity contribution in [3.63, 3.8) is 0 Å². The summed E-state index contributed by atoms with van der Waals surface area (Å²) < 4.78 is 25.0. The third-order valence-corrected chi connectivity index (χ3v) is 2.00. The number of rotatable bonds is 3. The van der Waals surface area contributed by atoms with Gasteiger partial charge in [-0.1, -0.05) is 24.3 Å². The van der Waals surface area contributed by atoms with Crippen LogP contribution in [-0.2, 0) is 10.0 Å². The molecule has 0 unspecified atom stereocenters. The van der Waals surface area contributed by atoms with Gasteiger partial charge < -0.3 is 9.83 Å². The molecule has 4 nitrogen and oxygen atoms in total. The van der Waals surface area contributed by atoms with Crippen molar-refractivity contribution in [1.29, 1.82) is 0 Å². The van der Waals surface area contributed by atoms with Crippen molar-refractivity contribution in [1.82, 2.24) is 0 Å². The first kappa shape index (κ1) is 10.6. The highest BCUT2D eigenvalue weighted by atomic mass is 32.2. The highest BCUT2D eigenvalue weighted by molar-refractivity contribution is 7.93. The molecule has 0 saturated carbocycles. The van der Waals surface area contributed by atoms with Gasteiger partial charge in [0.1, 0.15) is 0 Å². The summed E-state index contributed by atoms with van der Waals surface area (Å²) in [6.45, 7) is 3.23. The molecule has 0 heterocycles. The Kier molecular flexibility index (Phi) is 2.81. The van der Waals surface area contributed by atoms with Crippen molar-refractivity contribution < 1.29 is 13.5 Å². The van der Waals surface area contributed by atoms with Crippen LogP contribution in [0.3, 0.4) is 0 Å². The van der Waals surface area contributed by atoms with Crippen LogP contribution in [0.1, 0.15) is 5.56 Å². The Morgan fingerprint density at radius 3 is 2.21 bits per heavy atom. The molecule has 0 aliphatic carbocycles. The monoisotopic (exact) mass is 211 g/mol. The first-order valence-electron chi connectivity index (χ1n) is 3.78. The molecular formula is C9H9NO3S-2. The van der Waals surface area contributed by atoms with Gasteiger partial charge in [0, 0.05) is 6.26 Å². The van der Waals surface area contributed by atoms with Crippen LogP contribution in [0.25, 0.3) is 10.5 Å². The van der Waals surface area contributed by atoms with Crippen LogP contribution in [0.5, 0.6) is 0 Å². The second-order valence-electron chi connectivity index (χ2n) is 2.79. The first-order chi connectivity index (χ1) is 6.38. The van der Waals surface area contributed by atoms with Gasteiger partial charge in [-0.2, -0.15) is 0 Å². The Morgan fingerprint density at radius 1 is 1.36 bits per heavy atom. The van der Waals surface area contributed by atoms with E-state index in [1.54, 1.807) is 0 Å². The maximum absolute atomic E-state index is 10.8. The largest absolute Gasteiger partial charge is 0.872 e. The van der Waals surface area contributed by atoms with Crippen LogP contribution < -0.4 is 5.11 Å². The Balaban J connectivity index is 2.90. The second-order valence-corrected chi connectivity index (χ2v) is 4.44. The zero-order chi connectivity index (χ0) is 10.8. The lowest BCUT2D eigenvalue weighted by atomic mass is 10.2. The van der Waals surface area contributed by atoms with E-state index in [1.165, 1.54) is 24.3 Å². The fourth-order valence-electron chi connectivity index (χ4n) is 0.900. The third-order valence-electron chi connectivity index (χ3n) is 1.46. The smallest absolute Gasteiger partial charge is 0.0908 e. The predicted molar refractivity (Wildman–Crippen MR) is 53.3 cm³/mol. The summed E-state index contributed by atoms with van der Waals surface area (Å²) in [5.41, 5.74) is 0.731. The van der Waals surface area contributed by atoms with Crippen molar-refractivity contribution in [2.24, 2.45) is 0 Å². The lowest BCUT2D eigenvalue weighted by Gasteiger charge is -2.19. The van der Waals surface area contributed by atoms with Gasteiger partial charge in [-0.05, 0) is 5.56 Å². The van der Waals surface area contributed by atoms with E-state index < -0.39 is 10.0 Å². The molecule has 1 rings (SSSR count). The zero-order valence-electron chi connectivity index (χ0n) is 7.60. The number of hydrogen-bond acceptors (Lipinski definition) is 3. The van der Waals surface area contributed by atoms with E-state index in [2.05, 4.69) is 11.3 Å². The Bertz CT molecular complexity index is 434. The number of hydrogen-bond donors (Lipinski definition) is 0. The molecule has 0 amide bonds. The van der Waals surface area contributed by atoms with Gasteiger partial charge in [0.15, 0.2) is 0 Å². The highest BCUT2D eigenvalue weighted by Gasteiger charge is 1.89. The third kappa shape index (κ3) is 3.10. The van der Waals surface area contributed by atoms with Crippen LogP contribution in [-0.4, -0.2) is 14.7 Å². The number of sulfonamides is 1. The first-order valence-corrected chi connectivity index (χ1v) is 5.63. The Labute approximate surface area is 82.9 Å². The number of benzene rings is 1. The summed E-state index contributed by atoms with van der Waals surface area (Å²) in [5.74, 6) is -0.309. The summed E-state index contributed by atoms with van der Waals surface area (Å²) in [5, 5.41) is 10.8. The van der Waals surface area contributed by atoms with Gasteiger partial charge in [-0.3, -0.25) is 0 Å². The summed E-state index contributed by atoms with van der Waals surface area (Å²) in [4.78, 5) is 0. The molecule has 0 atom stereocenters. The van der Waals surface area contributed by atoms with Crippen molar-refractivity contribution in [2.75, 3.05) is 6.26 Å². The molecule has 0 radical (unpaired) electrons. The molecule has 5 heteroatoms. The molecule has 0 N–H and O–H groups in total. The van der Waals surface area contributed by atoms with Crippen LogP contribution >= 0.6 is 0 Å². The van der Waals surface area contributed by atoms with Gasteiger partial charge in [-0.25, -0.2) is 8.42 Å². The highest BCUT2D eigenvalue weighted by Crippen LogP contribution is 2.22. The normalized spacial score (nSPS) is 10.9. The van der Waals surface area contributed by atoms with Crippen LogP contribution in [0.2, 0.25) is 0 Å². The maximum Gasteiger partial charge on any atom is 0.0908 e. The quantitative estimate of drug-likeness (QED) is 0.700. The predicted octanol–water partition coefficient (Wildman–Crippen LogP) is 0.982. The van der Waals surface area contributed by atoms with E-state index in [0.717, 1.165) is 6.26 Å². The average molecular weight is 211 g/mol. The maximum atomic E-state index is 10.8. The Hall–Kier alpha value is -1.49. The molecule has 1 aromatic carbocycles. The molecule has 0 saturated heterocycles. The minimum atomic E-state index is -3.39. The van der Waals surface area contributed by atoms with Gasteiger partial charge >= 0.3 is 0 Å². The molecule has 0 spiro atoms. The van der Waals surface area contributed by atoms with Crippen LogP contribution in [0.4, 0.5) is 5.69 Å². The van der Waals surface area contributed by atoms with E-state index in [0.29, 0.717) is 11.3 Å². The summed E-state index contributed by atoms with van der Waals surface area (Å²) >= 11 is 0. The minimum absolute atomic E-state index is 0.303. The fraction of sp³-hybridized carbons (Fsp3) is 0.111. The topological polar surface area (TPSA) is 71.3 Å². The standard InChI is InChI=1S/C9H10NO3S/c1-7(11)8-3-5-9(6-4-8)10-14(2,12)13/h3-6,11H,1H2,2H3/q-1/p-1. The van der Waals surface area contributed by atoms with E-state index >= 15 is 0 Å². The minimum Gasteiger partial charge on any atom is -0.872 e. The molecule has 76 valence electrons. The molecule has 1 aromatic rings. The fourth-order valence-corrected chi connectivity index (χ4v) is 1.40. The van der Waals surface area contributed by atoms with Gasteiger partial charge in [-0.15, -0.1) is 18.0 Å². The van der Waals surface area contributed by atoms with E-state index in [-0.39, 0.29) is 5.76 Å². The van der Waals surface area contributed by atoms with E-state index in [9.17, 15) is 13.5 Å². The molecule has 14 heavy (non-hydrogen) atoms. The molecule has 0 aliphatic rings. The molecule has 0 aliphatic heterocycles. The lowest BCUT2D eigenvalue weighted by molar-refractivity contribution is -0.243. The van der Waals surface area contributed by atoms with Crippen molar-refractivity contribution in [3.05, 3.63) is 41.1 Å².